The average molecular weight is 173 g/mol. The molecule has 2 unspecified atom stereocenters. The zero-order valence-electron chi connectivity index (χ0n) is 7.25. The second-order valence-electron chi connectivity index (χ2n) is 2.93. The van der Waals surface area contributed by atoms with Gasteiger partial charge in [-0.05, 0) is 12.8 Å². The fraction of sp³-hybridized carbons (Fsp3) is 0.875. The fourth-order valence-corrected chi connectivity index (χ4v) is 1.23. The number of nitrogens with one attached hydrogen (secondary N) is 1. The van der Waals surface area contributed by atoms with Crippen molar-refractivity contribution in [1.29, 1.82) is 0 Å². The van der Waals surface area contributed by atoms with Gasteiger partial charge in [-0.2, -0.15) is 0 Å². The Morgan fingerprint density at radius 2 is 2.42 bits per heavy atom. The summed E-state index contributed by atoms with van der Waals surface area (Å²) in [6.45, 7) is 1.84. The Hall–Kier alpha value is -0.610. The molecule has 0 aromatic rings. The van der Waals surface area contributed by atoms with Crippen molar-refractivity contribution >= 4 is 5.91 Å². The molecule has 0 spiro atoms. The summed E-state index contributed by atoms with van der Waals surface area (Å²) >= 11 is 0. The van der Waals surface area contributed by atoms with Crippen molar-refractivity contribution < 1.29 is 14.6 Å². The number of carbonyl (C=O) groups is 1. The zero-order chi connectivity index (χ0) is 8.97. The third-order valence-corrected chi connectivity index (χ3v) is 1.95. The molecule has 4 nitrogen and oxygen atoms in total. The van der Waals surface area contributed by atoms with E-state index in [-0.39, 0.29) is 24.8 Å². The molecule has 0 bridgehead atoms. The van der Waals surface area contributed by atoms with Crippen molar-refractivity contribution in [2.24, 2.45) is 0 Å². The van der Waals surface area contributed by atoms with Gasteiger partial charge in [-0.25, -0.2) is 0 Å². The molecule has 4 heteroatoms. The summed E-state index contributed by atoms with van der Waals surface area (Å²) in [4.78, 5) is 10.9. The van der Waals surface area contributed by atoms with Gasteiger partial charge in [-0.3, -0.25) is 4.79 Å². The minimum Gasteiger partial charge on any atom is -0.394 e. The van der Waals surface area contributed by atoms with Gasteiger partial charge in [0.05, 0.1) is 12.7 Å². The van der Waals surface area contributed by atoms with Crippen LogP contribution in [0.1, 0.15) is 26.2 Å². The van der Waals surface area contributed by atoms with Gasteiger partial charge < -0.3 is 15.2 Å². The van der Waals surface area contributed by atoms with E-state index >= 15 is 0 Å². The van der Waals surface area contributed by atoms with E-state index in [0.717, 1.165) is 12.8 Å². The van der Waals surface area contributed by atoms with E-state index in [9.17, 15) is 4.79 Å². The first-order valence-corrected chi connectivity index (χ1v) is 4.32. The van der Waals surface area contributed by atoms with E-state index in [1.54, 1.807) is 6.92 Å². The molecule has 0 aliphatic carbocycles. The summed E-state index contributed by atoms with van der Waals surface area (Å²) in [5.74, 6) is -0.00131. The van der Waals surface area contributed by atoms with E-state index in [4.69, 9.17) is 9.84 Å². The standard InChI is InChI=1S/C8H15NO3/c1-2-7(11)9-8-4-3-6(5-10)12-8/h6,8,10H,2-5H2,1H3,(H,9,11). The first kappa shape index (κ1) is 9.48. The Morgan fingerprint density at radius 3 is 2.92 bits per heavy atom. The Labute approximate surface area is 71.9 Å². The lowest BCUT2D eigenvalue weighted by molar-refractivity contribution is -0.125. The van der Waals surface area contributed by atoms with Crippen LogP contribution in [0.4, 0.5) is 0 Å². The van der Waals surface area contributed by atoms with E-state index in [0.29, 0.717) is 6.42 Å². The number of hydrogen-bond donors (Lipinski definition) is 2. The SMILES string of the molecule is CCC(=O)NC1CCC(CO)O1. The molecule has 1 amide bonds. The molecule has 1 saturated heterocycles. The van der Waals surface area contributed by atoms with Crippen molar-refractivity contribution in [3.8, 4) is 0 Å². The van der Waals surface area contributed by atoms with E-state index in [2.05, 4.69) is 5.32 Å². The third kappa shape index (κ3) is 2.46. The number of aliphatic hydroxyl groups excluding tert-OH is 1. The number of hydrogen-bond acceptors (Lipinski definition) is 3. The van der Waals surface area contributed by atoms with Crippen molar-refractivity contribution in [3.63, 3.8) is 0 Å². The molecule has 1 aliphatic rings. The summed E-state index contributed by atoms with van der Waals surface area (Å²) < 4.78 is 5.30. The molecule has 1 aliphatic heterocycles. The predicted molar refractivity (Wildman–Crippen MR) is 43.4 cm³/mol. The lowest BCUT2D eigenvalue weighted by Crippen LogP contribution is -2.34. The second-order valence-corrected chi connectivity index (χ2v) is 2.93. The molecule has 1 fully saturated rings. The first-order chi connectivity index (χ1) is 5.76. The molecule has 2 atom stereocenters. The molecular formula is C8H15NO3. The van der Waals surface area contributed by atoms with Gasteiger partial charge in [0.25, 0.3) is 0 Å². The normalized spacial score (nSPS) is 28.8. The van der Waals surface area contributed by atoms with E-state index in [1.165, 1.54) is 0 Å². The highest BCUT2D eigenvalue weighted by molar-refractivity contribution is 5.75. The maximum absolute atomic E-state index is 10.9. The third-order valence-electron chi connectivity index (χ3n) is 1.95. The topological polar surface area (TPSA) is 58.6 Å². The minimum atomic E-state index is -0.186. The number of aliphatic hydroxyl groups is 1. The van der Waals surface area contributed by atoms with Crippen LogP contribution in [0, 0.1) is 0 Å². The predicted octanol–water partition coefficient (Wildman–Crippen LogP) is 0.01000. The van der Waals surface area contributed by atoms with Crippen LogP contribution >= 0.6 is 0 Å². The summed E-state index contributed by atoms with van der Waals surface area (Å²) in [6, 6.07) is 0. The van der Waals surface area contributed by atoms with Crippen LogP contribution in [0.15, 0.2) is 0 Å². The Morgan fingerprint density at radius 1 is 1.67 bits per heavy atom. The summed E-state index contributed by atoms with van der Waals surface area (Å²) in [7, 11) is 0. The smallest absolute Gasteiger partial charge is 0.221 e. The van der Waals surface area contributed by atoms with E-state index in [1.807, 2.05) is 0 Å². The lowest BCUT2D eigenvalue weighted by Gasteiger charge is -2.12. The highest BCUT2D eigenvalue weighted by atomic mass is 16.5. The molecule has 0 radical (unpaired) electrons. The molecule has 12 heavy (non-hydrogen) atoms. The molecule has 1 rings (SSSR count). The van der Waals surface area contributed by atoms with Crippen molar-refractivity contribution in [2.45, 2.75) is 38.5 Å². The highest BCUT2D eigenvalue weighted by Crippen LogP contribution is 2.16. The molecule has 0 aromatic carbocycles. The lowest BCUT2D eigenvalue weighted by atomic mass is 10.2. The van der Waals surface area contributed by atoms with Crippen LogP contribution in [0.3, 0.4) is 0 Å². The van der Waals surface area contributed by atoms with Gasteiger partial charge in [0.2, 0.25) is 5.91 Å². The number of ether oxygens (including phenoxy) is 1. The molecular weight excluding hydrogens is 158 g/mol. The van der Waals surface area contributed by atoms with Gasteiger partial charge in [0.1, 0.15) is 6.23 Å². The van der Waals surface area contributed by atoms with Crippen molar-refractivity contribution in [1.82, 2.24) is 5.32 Å². The van der Waals surface area contributed by atoms with E-state index < -0.39 is 0 Å². The summed E-state index contributed by atoms with van der Waals surface area (Å²) in [5.41, 5.74) is 0. The second kappa shape index (κ2) is 4.42. The van der Waals surface area contributed by atoms with Crippen LogP contribution in [0.2, 0.25) is 0 Å². The zero-order valence-corrected chi connectivity index (χ0v) is 7.25. The fourth-order valence-electron chi connectivity index (χ4n) is 1.23. The number of carbonyl (C=O) groups excluding carboxylic acids is 1. The molecule has 2 N–H and O–H groups in total. The maximum atomic E-state index is 10.9. The maximum Gasteiger partial charge on any atom is 0.221 e. The quantitative estimate of drug-likeness (QED) is 0.632. The Bertz CT molecular complexity index is 160. The van der Waals surface area contributed by atoms with Crippen LogP contribution in [0.5, 0.6) is 0 Å². The molecule has 70 valence electrons. The molecule has 1 heterocycles. The average Bonchev–Trinajstić information content (AvgIpc) is 2.52. The van der Waals surface area contributed by atoms with Crippen LogP contribution in [-0.4, -0.2) is 30.0 Å². The summed E-state index contributed by atoms with van der Waals surface area (Å²) in [6.07, 6.45) is 1.83. The van der Waals surface area contributed by atoms with Gasteiger partial charge >= 0.3 is 0 Å². The van der Waals surface area contributed by atoms with Crippen LogP contribution < -0.4 is 5.32 Å². The van der Waals surface area contributed by atoms with Gasteiger partial charge in [-0.15, -0.1) is 0 Å². The Kier molecular flexibility index (Phi) is 3.49. The monoisotopic (exact) mass is 173 g/mol. The number of rotatable bonds is 3. The van der Waals surface area contributed by atoms with Gasteiger partial charge in [0, 0.05) is 6.42 Å². The van der Waals surface area contributed by atoms with Gasteiger partial charge in [-0.1, -0.05) is 6.92 Å². The van der Waals surface area contributed by atoms with Crippen molar-refractivity contribution in [2.75, 3.05) is 6.61 Å². The first-order valence-electron chi connectivity index (χ1n) is 4.32. The number of amides is 1. The van der Waals surface area contributed by atoms with Crippen LogP contribution in [-0.2, 0) is 9.53 Å². The molecule has 0 aromatic heterocycles. The highest BCUT2D eigenvalue weighted by Gasteiger charge is 2.24. The minimum absolute atomic E-state index is 0.00131. The summed E-state index contributed by atoms with van der Waals surface area (Å²) in [5, 5.41) is 11.5. The van der Waals surface area contributed by atoms with Gasteiger partial charge in [0.15, 0.2) is 0 Å². The Balaban J connectivity index is 2.23. The largest absolute Gasteiger partial charge is 0.394 e. The van der Waals surface area contributed by atoms with Crippen molar-refractivity contribution in [3.05, 3.63) is 0 Å². The van der Waals surface area contributed by atoms with Crippen LogP contribution in [0.25, 0.3) is 0 Å². The molecule has 0 saturated carbocycles.